The van der Waals surface area contributed by atoms with Gasteiger partial charge in [-0.05, 0) is 48.9 Å². The molecular formula is C23H24N2O6. The third-order valence-electron chi connectivity index (χ3n) is 4.62. The molecule has 1 atom stereocenters. The fraction of sp³-hybridized carbons (Fsp3) is 0.261. The van der Waals surface area contributed by atoms with E-state index in [1.165, 1.54) is 0 Å². The minimum Gasteiger partial charge on any atom is -0.497 e. The molecule has 0 spiro atoms. The SMILES string of the molecule is CCOC(=O)CC(NC(=O)c1cc(-c2ccc(OC)cc2)no1)c1ccc(OC)cc1. The third-order valence-corrected chi connectivity index (χ3v) is 4.62. The summed E-state index contributed by atoms with van der Waals surface area (Å²) in [6.45, 7) is 1.99. The average molecular weight is 424 g/mol. The lowest BCUT2D eigenvalue weighted by Crippen LogP contribution is -2.30. The van der Waals surface area contributed by atoms with Crippen LogP contribution >= 0.6 is 0 Å². The van der Waals surface area contributed by atoms with Gasteiger partial charge in [0.05, 0.1) is 33.3 Å². The van der Waals surface area contributed by atoms with Crippen LogP contribution in [0.25, 0.3) is 11.3 Å². The van der Waals surface area contributed by atoms with E-state index in [2.05, 4.69) is 10.5 Å². The second-order valence-corrected chi connectivity index (χ2v) is 6.61. The molecule has 0 aliphatic heterocycles. The Morgan fingerprint density at radius 1 is 1.00 bits per heavy atom. The van der Waals surface area contributed by atoms with Crippen LogP contribution in [0.5, 0.6) is 11.5 Å². The predicted octanol–water partition coefficient (Wildman–Crippen LogP) is 3.78. The monoisotopic (exact) mass is 424 g/mol. The smallest absolute Gasteiger partial charge is 0.308 e. The zero-order valence-corrected chi connectivity index (χ0v) is 17.6. The second-order valence-electron chi connectivity index (χ2n) is 6.61. The number of esters is 1. The first-order valence-electron chi connectivity index (χ1n) is 9.75. The highest BCUT2D eigenvalue weighted by molar-refractivity contribution is 5.93. The molecule has 8 nitrogen and oxygen atoms in total. The summed E-state index contributed by atoms with van der Waals surface area (Å²) < 4.78 is 20.6. The maximum atomic E-state index is 12.8. The molecule has 0 bridgehead atoms. The van der Waals surface area contributed by atoms with Crippen molar-refractivity contribution >= 4 is 11.9 Å². The van der Waals surface area contributed by atoms with Crippen LogP contribution in [0.1, 0.15) is 35.5 Å². The minimum atomic E-state index is -0.605. The van der Waals surface area contributed by atoms with E-state index < -0.39 is 17.9 Å². The van der Waals surface area contributed by atoms with Crippen molar-refractivity contribution in [2.45, 2.75) is 19.4 Å². The van der Waals surface area contributed by atoms with Gasteiger partial charge in [0.1, 0.15) is 17.2 Å². The van der Waals surface area contributed by atoms with Crippen LogP contribution in [0, 0.1) is 0 Å². The molecule has 162 valence electrons. The van der Waals surface area contributed by atoms with Gasteiger partial charge in [0.25, 0.3) is 5.91 Å². The number of benzene rings is 2. The summed E-state index contributed by atoms with van der Waals surface area (Å²) in [6.07, 6.45) is -0.0224. The zero-order valence-electron chi connectivity index (χ0n) is 17.6. The summed E-state index contributed by atoms with van der Waals surface area (Å²) in [5, 5.41) is 6.80. The topological polar surface area (TPSA) is 99.9 Å². The number of nitrogens with one attached hydrogen (secondary N) is 1. The van der Waals surface area contributed by atoms with Crippen molar-refractivity contribution < 1.29 is 28.3 Å². The third kappa shape index (κ3) is 5.63. The van der Waals surface area contributed by atoms with Crippen molar-refractivity contribution in [3.05, 3.63) is 65.9 Å². The lowest BCUT2D eigenvalue weighted by atomic mass is 10.0. The molecular weight excluding hydrogens is 400 g/mol. The van der Waals surface area contributed by atoms with Crippen LogP contribution in [0.4, 0.5) is 0 Å². The molecule has 2 aromatic carbocycles. The molecule has 31 heavy (non-hydrogen) atoms. The highest BCUT2D eigenvalue weighted by atomic mass is 16.5. The maximum Gasteiger partial charge on any atom is 0.308 e. The molecule has 1 aromatic heterocycles. The Labute approximate surface area is 180 Å². The molecule has 0 aliphatic rings. The standard InChI is InChI=1S/C23H24N2O6/c1-4-30-22(26)14-19(15-5-9-17(28-2)10-6-15)24-23(27)21-13-20(25-31-21)16-7-11-18(29-3)12-8-16/h5-13,19H,4,14H2,1-3H3,(H,24,27). The van der Waals surface area contributed by atoms with Gasteiger partial charge in [-0.1, -0.05) is 17.3 Å². The van der Waals surface area contributed by atoms with Gasteiger partial charge in [-0.2, -0.15) is 0 Å². The summed E-state index contributed by atoms with van der Waals surface area (Å²) >= 11 is 0. The highest BCUT2D eigenvalue weighted by Gasteiger charge is 2.22. The van der Waals surface area contributed by atoms with Crippen LogP contribution in [0.2, 0.25) is 0 Å². The van der Waals surface area contributed by atoms with E-state index in [1.54, 1.807) is 63.6 Å². The van der Waals surface area contributed by atoms with Crippen LogP contribution in [0.3, 0.4) is 0 Å². The molecule has 3 aromatic rings. The van der Waals surface area contributed by atoms with Crippen molar-refractivity contribution in [1.82, 2.24) is 10.5 Å². The molecule has 0 saturated carbocycles. The zero-order chi connectivity index (χ0) is 22.2. The van der Waals surface area contributed by atoms with Crippen molar-refractivity contribution in [1.29, 1.82) is 0 Å². The Hall–Kier alpha value is -3.81. The van der Waals surface area contributed by atoms with Crippen molar-refractivity contribution in [3.8, 4) is 22.8 Å². The molecule has 0 aliphatic carbocycles. The summed E-state index contributed by atoms with van der Waals surface area (Å²) in [7, 11) is 3.15. The van der Waals surface area contributed by atoms with E-state index in [0.717, 1.165) is 11.1 Å². The average Bonchev–Trinajstić information content (AvgIpc) is 3.29. The molecule has 1 amide bonds. The normalized spacial score (nSPS) is 11.5. The lowest BCUT2D eigenvalue weighted by Gasteiger charge is -2.18. The van der Waals surface area contributed by atoms with E-state index >= 15 is 0 Å². The van der Waals surface area contributed by atoms with Gasteiger partial charge >= 0.3 is 5.97 Å². The van der Waals surface area contributed by atoms with Gasteiger partial charge in [0.2, 0.25) is 5.76 Å². The molecule has 8 heteroatoms. The molecule has 1 N–H and O–H groups in total. The summed E-state index contributed by atoms with van der Waals surface area (Å²) in [5.74, 6) is 0.515. The Bertz CT molecular complexity index is 1010. The Kier molecular flexibility index (Phi) is 7.26. The number of hydrogen-bond acceptors (Lipinski definition) is 7. The first kappa shape index (κ1) is 21.9. The van der Waals surface area contributed by atoms with Crippen LogP contribution in [-0.4, -0.2) is 37.9 Å². The number of carbonyl (C=O) groups is 2. The Balaban J connectivity index is 1.77. The van der Waals surface area contributed by atoms with Gasteiger partial charge < -0.3 is 24.1 Å². The van der Waals surface area contributed by atoms with Crippen LogP contribution in [0.15, 0.2) is 59.1 Å². The Morgan fingerprint density at radius 3 is 2.19 bits per heavy atom. The van der Waals surface area contributed by atoms with E-state index in [9.17, 15) is 9.59 Å². The van der Waals surface area contributed by atoms with Crippen LogP contribution in [-0.2, 0) is 9.53 Å². The number of aromatic nitrogens is 1. The van der Waals surface area contributed by atoms with Gasteiger partial charge in [-0.15, -0.1) is 0 Å². The molecule has 1 unspecified atom stereocenters. The van der Waals surface area contributed by atoms with Crippen molar-refractivity contribution in [3.63, 3.8) is 0 Å². The predicted molar refractivity (Wildman–Crippen MR) is 113 cm³/mol. The quantitative estimate of drug-likeness (QED) is 0.522. The highest BCUT2D eigenvalue weighted by Crippen LogP contribution is 2.24. The molecule has 0 fully saturated rings. The minimum absolute atomic E-state index is 0.0224. The van der Waals surface area contributed by atoms with Crippen molar-refractivity contribution in [2.24, 2.45) is 0 Å². The number of rotatable bonds is 9. The van der Waals surface area contributed by atoms with E-state index in [1.807, 2.05) is 12.1 Å². The first-order valence-corrected chi connectivity index (χ1v) is 9.75. The summed E-state index contributed by atoms with van der Waals surface area (Å²) in [4.78, 5) is 24.9. The molecule has 3 rings (SSSR count). The van der Waals surface area contributed by atoms with Gasteiger partial charge in [0, 0.05) is 11.6 Å². The summed E-state index contributed by atoms with van der Waals surface area (Å²) in [6, 6.07) is 15.3. The molecule has 0 radical (unpaired) electrons. The molecule has 1 heterocycles. The van der Waals surface area contributed by atoms with Crippen molar-refractivity contribution in [2.75, 3.05) is 20.8 Å². The number of hydrogen-bond donors (Lipinski definition) is 1. The van der Waals surface area contributed by atoms with Gasteiger partial charge in [-0.3, -0.25) is 9.59 Å². The fourth-order valence-electron chi connectivity index (χ4n) is 2.98. The van der Waals surface area contributed by atoms with E-state index in [4.69, 9.17) is 18.7 Å². The number of amides is 1. The van der Waals surface area contributed by atoms with E-state index in [-0.39, 0.29) is 18.8 Å². The Morgan fingerprint density at radius 2 is 1.61 bits per heavy atom. The van der Waals surface area contributed by atoms with Gasteiger partial charge in [0.15, 0.2) is 0 Å². The first-order chi connectivity index (χ1) is 15.0. The number of methoxy groups -OCH3 is 2. The van der Waals surface area contributed by atoms with Crippen LogP contribution < -0.4 is 14.8 Å². The second kappa shape index (κ2) is 10.3. The largest absolute Gasteiger partial charge is 0.497 e. The number of ether oxygens (including phenoxy) is 3. The lowest BCUT2D eigenvalue weighted by molar-refractivity contribution is -0.143. The molecule has 0 saturated heterocycles. The summed E-state index contributed by atoms with van der Waals surface area (Å²) in [5.41, 5.74) is 2.03. The number of carbonyl (C=O) groups excluding carboxylic acids is 2. The van der Waals surface area contributed by atoms with Gasteiger partial charge in [-0.25, -0.2) is 0 Å². The number of nitrogens with zero attached hydrogens (tertiary/aromatic N) is 1. The van der Waals surface area contributed by atoms with E-state index in [0.29, 0.717) is 17.2 Å². The fourth-order valence-corrected chi connectivity index (χ4v) is 2.98. The maximum absolute atomic E-state index is 12.8.